The lowest BCUT2D eigenvalue weighted by Crippen LogP contribution is -2.42. The summed E-state index contributed by atoms with van der Waals surface area (Å²) in [6.07, 6.45) is -4.03. The van der Waals surface area contributed by atoms with Crippen LogP contribution in [0.15, 0.2) is 0 Å². The lowest BCUT2D eigenvalue weighted by atomic mass is 10.1. The van der Waals surface area contributed by atoms with Crippen LogP contribution in [0.4, 0.5) is 17.1 Å². The molecule has 15 N–H and O–H groups in total. The number of nitrogens with one attached hydrogen (secondary N) is 6. The molecule has 9 amide bonds. The maximum atomic E-state index is 15.3. The number of halogens is 9. The zero-order valence-corrected chi connectivity index (χ0v) is 62.0. The normalized spacial score (nSPS) is 12.1. The maximum absolute atomic E-state index is 15.3. The number of carbonyl (C=O) groups excluding carboxylic acids is 9. The molecule has 0 bridgehead atoms. The molecular formula is C46H52I9N9O18. The third kappa shape index (κ3) is 19.5. The van der Waals surface area contributed by atoms with Gasteiger partial charge in [-0.2, -0.15) is 0 Å². The molecule has 0 spiro atoms. The second kappa shape index (κ2) is 35.9. The fraction of sp³-hybridized carbons (Fsp3) is 0.413. The predicted molar refractivity (Wildman–Crippen MR) is 372 cm³/mol. The molecule has 452 valence electrons. The standard InChI is InChI=1S/C46H52I9N9O18/c1-62(44(80)26-29(47)23(41(77)56-8-17(71)11-65)32(50)38(35(26)53)59-20(74)14-68)4-3-5-64(46(82)28-31(49)25(43(79)58-10-19(73)13-67)34(52)40(37(28)55)61-22(76)16-70)7-6-63(2)45(81)27-30(48)24(42(78)57-9-18(72)12-66)33(51)39(36(27)54)60-21(75)15-69/h17-19,65-73H,3-16H2,1-2H3,(H,56,77)(H,57,78)(H,58,79)(H,59,74)(H,60,75)(H,61,76). The molecule has 0 saturated heterocycles. The van der Waals surface area contributed by atoms with Crippen LogP contribution in [0.2, 0.25) is 0 Å². The number of hydrogen-bond donors (Lipinski definition) is 15. The fourth-order valence-corrected chi connectivity index (χ4v) is 20.1. The van der Waals surface area contributed by atoms with Crippen LogP contribution in [-0.4, -0.2) is 232 Å². The third-order valence-corrected chi connectivity index (χ3v) is 20.9. The Morgan fingerprint density at radius 3 is 0.927 bits per heavy atom. The highest BCUT2D eigenvalue weighted by atomic mass is 127. The van der Waals surface area contributed by atoms with Crippen LogP contribution in [0.1, 0.15) is 68.6 Å². The predicted octanol–water partition coefficient (Wildman–Crippen LogP) is 0.546. The van der Waals surface area contributed by atoms with Gasteiger partial charge in [0.15, 0.2) is 0 Å². The van der Waals surface area contributed by atoms with Crippen molar-refractivity contribution < 1.29 is 89.1 Å². The highest BCUT2D eigenvalue weighted by molar-refractivity contribution is 14.1. The molecule has 0 aliphatic rings. The van der Waals surface area contributed by atoms with Gasteiger partial charge in [0.25, 0.3) is 35.4 Å². The summed E-state index contributed by atoms with van der Waals surface area (Å²) in [6.45, 7) is -6.96. The van der Waals surface area contributed by atoms with Gasteiger partial charge in [-0.15, -0.1) is 0 Å². The number of likely N-dealkylation sites (N-methyl/N-ethyl adjacent to an activating group) is 1. The lowest BCUT2D eigenvalue weighted by Gasteiger charge is -2.29. The van der Waals surface area contributed by atoms with E-state index in [1.807, 2.05) is 22.6 Å². The van der Waals surface area contributed by atoms with Gasteiger partial charge in [0.05, 0.1) is 110 Å². The number of aliphatic hydroxyl groups is 9. The third-order valence-electron chi connectivity index (χ3n) is 11.2. The second-order valence-electron chi connectivity index (χ2n) is 17.1. The summed E-state index contributed by atoms with van der Waals surface area (Å²) in [6, 6.07) is 0. The summed E-state index contributed by atoms with van der Waals surface area (Å²) >= 11 is 16.1. The Hall–Kier alpha value is -0.900. The van der Waals surface area contributed by atoms with Gasteiger partial charge in [-0.25, -0.2) is 0 Å². The van der Waals surface area contributed by atoms with Crippen LogP contribution in [-0.2, 0) is 14.4 Å². The SMILES string of the molecule is CN(CCCN(CCN(C)C(=O)c1c(I)c(NC(=O)CO)c(I)c(C(=O)NCC(O)CO)c1I)C(=O)c1c(I)c(NC(=O)CO)c(I)c(C(=O)NCC(O)CO)c1I)C(=O)c1c(I)c(NC(=O)CO)c(I)c(C(=O)NCC(O)CO)c1I. The van der Waals surface area contributed by atoms with E-state index in [-0.39, 0.29) is 128 Å². The van der Waals surface area contributed by atoms with E-state index in [0.29, 0.717) is 0 Å². The number of aliphatic hydroxyl groups excluding tert-OH is 9. The number of hydrogen-bond acceptors (Lipinski definition) is 18. The maximum Gasteiger partial charge on any atom is 0.256 e. The fourth-order valence-electron chi connectivity index (χ4n) is 6.94. The number of benzene rings is 3. The van der Waals surface area contributed by atoms with Crippen LogP contribution < -0.4 is 31.9 Å². The van der Waals surface area contributed by atoms with Crippen molar-refractivity contribution in [2.24, 2.45) is 0 Å². The van der Waals surface area contributed by atoms with Crippen molar-refractivity contribution in [2.75, 3.05) is 116 Å². The molecule has 0 saturated carbocycles. The molecule has 82 heavy (non-hydrogen) atoms. The summed E-state index contributed by atoms with van der Waals surface area (Å²) < 4.78 is 1.24. The zero-order valence-electron chi connectivity index (χ0n) is 42.6. The molecule has 0 radical (unpaired) electrons. The molecule has 3 unspecified atom stereocenters. The molecule has 3 aromatic rings. The number of carbonyl (C=O) groups is 9. The minimum atomic E-state index is -1.37. The Morgan fingerprint density at radius 2 is 0.646 bits per heavy atom. The molecule has 0 aromatic heterocycles. The summed E-state index contributed by atoms with van der Waals surface area (Å²) in [5.74, 6) is -7.18. The van der Waals surface area contributed by atoms with Gasteiger partial charge in [0, 0.05) is 70.6 Å². The Bertz CT molecular complexity index is 2960. The van der Waals surface area contributed by atoms with E-state index in [0.717, 1.165) is 0 Å². The van der Waals surface area contributed by atoms with Crippen LogP contribution in [0.25, 0.3) is 0 Å². The minimum absolute atomic E-state index is 0.00321. The Kier molecular flexibility index (Phi) is 33.0. The smallest absolute Gasteiger partial charge is 0.256 e. The van der Waals surface area contributed by atoms with Crippen molar-refractivity contribution >= 4 is 274 Å². The Morgan fingerprint density at radius 1 is 0.378 bits per heavy atom. The van der Waals surface area contributed by atoms with Gasteiger partial charge in [0.2, 0.25) is 17.7 Å². The molecule has 0 aliphatic carbocycles. The summed E-state index contributed by atoms with van der Waals surface area (Å²) in [4.78, 5) is 127. The average molecular weight is 2160 g/mol. The minimum Gasteiger partial charge on any atom is -0.394 e. The monoisotopic (exact) mass is 2160 g/mol. The van der Waals surface area contributed by atoms with Gasteiger partial charge >= 0.3 is 0 Å². The van der Waals surface area contributed by atoms with Crippen LogP contribution >= 0.6 is 203 Å². The lowest BCUT2D eigenvalue weighted by molar-refractivity contribution is -0.119. The molecule has 3 atom stereocenters. The first-order valence-electron chi connectivity index (χ1n) is 23.4. The quantitative estimate of drug-likeness (QED) is 0.0441. The molecule has 3 aromatic carbocycles. The van der Waals surface area contributed by atoms with Gasteiger partial charge in [-0.1, -0.05) is 0 Å². The number of rotatable bonds is 28. The van der Waals surface area contributed by atoms with Crippen molar-refractivity contribution in [2.45, 2.75) is 24.7 Å². The van der Waals surface area contributed by atoms with Crippen molar-refractivity contribution in [3.05, 3.63) is 65.5 Å². The van der Waals surface area contributed by atoms with E-state index in [1.165, 1.54) is 28.8 Å². The second-order valence-corrected chi connectivity index (χ2v) is 26.8. The van der Waals surface area contributed by atoms with E-state index in [4.69, 9.17) is 0 Å². The summed E-state index contributed by atoms with van der Waals surface area (Å²) in [5.41, 5.74) is -0.580. The molecular weight excluding hydrogens is 2110 g/mol. The van der Waals surface area contributed by atoms with Gasteiger partial charge < -0.3 is 92.6 Å². The van der Waals surface area contributed by atoms with E-state index >= 15 is 4.79 Å². The summed E-state index contributed by atoms with van der Waals surface area (Å²) in [7, 11) is 2.82. The van der Waals surface area contributed by atoms with E-state index in [1.54, 1.807) is 181 Å². The molecule has 3 rings (SSSR count). The van der Waals surface area contributed by atoms with Crippen LogP contribution in [0, 0.1) is 32.1 Å². The highest BCUT2D eigenvalue weighted by Gasteiger charge is 2.35. The van der Waals surface area contributed by atoms with Crippen LogP contribution in [0.5, 0.6) is 0 Å². The number of nitrogens with zero attached hydrogens (tertiary/aromatic N) is 3. The molecule has 0 fully saturated rings. The molecule has 36 heteroatoms. The van der Waals surface area contributed by atoms with Crippen molar-refractivity contribution in [1.29, 1.82) is 0 Å². The summed E-state index contributed by atoms with van der Waals surface area (Å²) in [5, 5.41) is 102. The van der Waals surface area contributed by atoms with Gasteiger partial charge in [-0.05, 0) is 210 Å². The van der Waals surface area contributed by atoms with E-state index < -0.39 is 118 Å². The topological polar surface area (TPSA) is 418 Å². The Labute approximate surface area is 590 Å². The van der Waals surface area contributed by atoms with Gasteiger partial charge in [-0.3, -0.25) is 43.2 Å². The average Bonchev–Trinajstić information content (AvgIpc) is 3.24. The van der Waals surface area contributed by atoms with E-state index in [9.17, 15) is 84.3 Å². The first-order chi connectivity index (χ1) is 38.5. The van der Waals surface area contributed by atoms with E-state index in [2.05, 4.69) is 31.9 Å². The molecule has 0 aliphatic heterocycles. The highest BCUT2D eigenvalue weighted by Crippen LogP contribution is 2.39. The van der Waals surface area contributed by atoms with Crippen molar-refractivity contribution in [1.82, 2.24) is 30.7 Å². The first-order valence-corrected chi connectivity index (χ1v) is 33.1. The van der Waals surface area contributed by atoms with Crippen molar-refractivity contribution in [3.8, 4) is 0 Å². The van der Waals surface area contributed by atoms with Crippen molar-refractivity contribution in [3.63, 3.8) is 0 Å². The van der Waals surface area contributed by atoms with Gasteiger partial charge in [0.1, 0.15) is 19.8 Å². The number of anilines is 3. The molecule has 27 nitrogen and oxygen atoms in total. The molecule has 0 heterocycles. The number of amides is 9. The Balaban J connectivity index is 2.26. The first kappa shape index (κ1) is 75.4. The van der Waals surface area contributed by atoms with Crippen LogP contribution in [0.3, 0.4) is 0 Å². The zero-order chi connectivity index (χ0) is 62.2. The largest absolute Gasteiger partial charge is 0.394 e.